The predicted octanol–water partition coefficient (Wildman–Crippen LogP) is 2.03. The largest absolute Gasteiger partial charge is 0.469 e. The number of nitrogens with one attached hydrogen (secondary N) is 3. The number of carbonyl (C=O) groups excluding carboxylic acids is 5. The molecule has 1 aliphatic rings. The fourth-order valence-electron chi connectivity index (χ4n) is 4.42. The number of esters is 1. The van der Waals surface area contributed by atoms with E-state index in [9.17, 15) is 24.0 Å². The third kappa shape index (κ3) is 10.4. The molecular formula is C28H42N4O7S. The summed E-state index contributed by atoms with van der Waals surface area (Å²) in [7, 11) is 1.27. The Morgan fingerprint density at radius 1 is 1.12 bits per heavy atom. The fourth-order valence-corrected chi connectivity index (χ4v) is 4.89. The van der Waals surface area contributed by atoms with Gasteiger partial charge in [-0.1, -0.05) is 30.3 Å². The van der Waals surface area contributed by atoms with Crippen LogP contribution < -0.4 is 16.0 Å². The van der Waals surface area contributed by atoms with Crippen molar-refractivity contribution in [3.8, 4) is 0 Å². The number of likely N-dealkylation sites (tertiary alicyclic amines) is 1. The molecule has 0 spiro atoms. The van der Waals surface area contributed by atoms with Crippen molar-refractivity contribution in [2.45, 2.75) is 83.1 Å². The maximum atomic E-state index is 13.6. The van der Waals surface area contributed by atoms with Crippen LogP contribution >= 0.6 is 11.8 Å². The number of thioether (sulfide) groups is 1. The molecule has 222 valence electrons. The summed E-state index contributed by atoms with van der Waals surface area (Å²) in [5, 5.41) is 8.14. The van der Waals surface area contributed by atoms with Gasteiger partial charge in [-0.3, -0.25) is 19.2 Å². The number of nitrogens with zero attached hydrogens (tertiary/aromatic N) is 1. The average molecular weight is 579 g/mol. The van der Waals surface area contributed by atoms with Crippen LogP contribution in [0.1, 0.15) is 52.5 Å². The molecule has 1 aliphatic heterocycles. The van der Waals surface area contributed by atoms with Gasteiger partial charge in [0, 0.05) is 19.0 Å². The van der Waals surface area contributed by atoms with E-state index in [0.717, 1.165) is 5.56 Å². The Morgan fingerprint density at radius 3 is 2.40 bits per heavy atom. The van der Waals surface area contributed by atoms with Crippen molar-refractivity contribution >= 4 is 41.5 Å². The number of rotatable bonds is 13. The molecule has 1 fully saturated rings. The van der Waals surface area contributed by atoms with E-state index in [-0.39, 0.29) is 31.3 Å². The zero-order valence-electron chi connectivity index (χ0n) is 24.2. The van der Waals surface area contributed by atoms with Gasteiger partial charge in [-0.05, 0) is 58.1 Å². The normalized spacial score (nSPS) is 18.4. The first-order chi connectivity index (χ1) is 18.9. The summed E-state index contributed by atoms with van der Waals surface area (Å²) >= 11 is 1.53. The lowest BCUT2D eigenvalue weighted by Gasteiger charge is -2.31. The van der Waals surface area contributed by atoms with E-state index in [2.05, 4.69) is 20.7 Å². The highest BCUT2D eigenvalue weighted by Crippen LogP contribution is 2.24. The Balaban J connectivity index is 2.18. The van der Waals surface area contributed by atoms with Crippen LogP contribution in [-0.2, 0) is 35.1 Å². The van der Waals surface area contributed by atoms with Crippen LogP contribution in [0.25, 0.3) is 0 Å². The van der Waals surface area contributed by atoms with Crippen molar-refractivity contribution in [2.24, 2.45) is 0 Å². The number of alkyl carbamates (subject to hydrolysis) is 1. The van der Waals surface area contributed by atoms with Crippen LogP contribution in [0.3, 0.4) is 0 Å². The molecule has 0 bridgehead atoms. The molecule has 40 heavy (non-hydrogen) atoms. The molecule has 4 atom stereocenters. The van der Waals surface area contributed by atoms with Gasteiger partial charge in [-0.2, -0.15) is 11.8 Å². The van der Waals surface area contributed by atoms with E-state index < -0.39 is 47.6 Å². The summed E-state index contributed by atoms with van der Waals surface area (Å²) in [6.07, 6.45) is 2.10. The van der Waals surface area contributed by atoms with Gasteiger partial charge in [0.1, 0.15) is 23.7 Å². The standard InChI is InChI=1S/C28H42N4O7S/c1-18-16-21(30-24(34)20(13-15-40-6)31-27(37)39-28(2,3)4)26(36)32(18)22(17-19-10-8-7-9-11-19)25(35)29-14-12-23(33)38-5/h7-11,18,20-22H,12-17H2,1-6H3,(H,29,35)(H,30,34)(H,31,37)/t18?,20-,21-,22-/m0/s1. The monoisotopic (exact) mass is 578 g/mol. The molecule has 1 unspecified atom stereocenters. The molecule has 11 nitrogen and oxygen atoms in total. The van der Waals surface area contributed by atoms with Gasteiger partial charge < -0.3 is 30.3 Å². The minimum absolute atomic E-state index is 0.00453. The minimum Gasteiger partial charge on any atom is -0.469 e. The second-order valence-electron chi connectivity index (χ2n) is 10.7. The SMILES string of the molecule is COC(=O)CCNC(=O)[C@H](Cc1ccccc1)N1C(=O)[C@@H](NC(=O)[C@H](CCSC)NC(=O)OC(C)(C)C)CC1C. The van der Waals surface area contributed by atoms with Crippen LogP contribution in [0.5, 0.6) is 0 Å². The molecular weight excluding hydrogens is 536 g/mol. The van der Waals surface area contributed by atoms with Crippen LogP contribution in [0.2, 0.25) is 0 Å². The van der Waals surface area contributed by atoms with Gasteiger partial charge in [0.15, 0.2) is 0 Å². The maximum absolute atomic E-state index is 13.6. The van der Waals surface area contributed by atoms with Gasteiger partial charge >= 0.3 is 12.1 Å². The second kappa shape index (κ2) is 15.5. The summed E-state index contributed by atoms with van der Waals surface area (Å²) in [4.78, 5) is 65.5. The van der Waals surface area contributed by atoms with Gasteiger partial charge in [-0.15, -0.1) is 0 Å². The first kappa shape index (κ1) is 32.9. The van der Waals surface area contributed by atoms with E-state index in [1.54, 1.807) is 20.8 Å². The molecule has 3 N–H and O–H groups in total. The second-order valence-corrected chi connectivity index (χ2v) is 11.7. The number of benzene rings is 1. The molecule has 12 heteroatoms. The summed E-state index contributed by atoms with van der Waals surface area (Å²) in [5.41, 5.74) is 0.134. The quantitative estimate of drug-likeness (QED) is 0.302. The number of carbonyl (C=O) groups is 5. The Labute approximate surface area is 240 Å². The van der Waals surface area contributed by atoms with E-state index in [1.165, 1.54) is 23.8 Å². The van der Waals surface area contributed by atoms with E-state index in [4.69, 9.17) is 4.74 Å². The first-order valence-electron chi connectivity index (χ1n) is 13.4. The van der Waals surface area contributed by atoms with Crippen molar-refractivity contribution < 1.29 is 33.4 Å². The van der Waals surface area contributed by atoms with Gasteiger partial charge in [0.05, 0.1) is 13.5 Å². The van der Waals surface area contributed by atoms with Crippen LogP contribution in [0.4, 0.5) is 4.79 Å². The molecule has 0 aromatic heterocycles. The number of ether oxygens (including phenoxy) is 2. The van der Waals surface area contributed by atoms with E-state index in [1.807, 2.05) is 43.5 Å². The van der Waals surface area contributed by atoms with Crippen LogP contribution in [0, 0.1) is 0 Å². The number of hydrogen-bond acceptors (Lipinski definition) is 8. The predicted molar refractivity (Wildman–Crippen MR) is 153 cm³/mol. The summed E-state index contributed by atoms with van der Waals surface area (Å²) in [6.45, 7) is 7.09. The smallest absolute Gasteiger partial charge is 0.408 e. The van der Waals surface area contributed by atoms with Gasteiger partial charge in [0.25, 0.3) is 0 Å². The fraction of sp³-hybridized carbons (Fsp3) is 0.607. The van der Waals surface area contributed by atoms with Crippen LogP contribution in [-0.4, -0.2) is 90.1 Å². The molecule has 1 aromatic carbocycles. The molecule has 4 amide bonds. The topological polar surface area (TPSA) is 143 Å². The summed E-state index contributed by atoms with van der Waals surface area (Å²) < 4.78 is 9.94. The van der Waals surface area contributed by atoms with E-state index >= 15 is 0 Å². The molecule has 0 aliphatic carbocycles. The zero-order valence-corrected chi connectivity index (χ0v) is 25.0. The van der Waals surface area contributed by atoms with Gasteiger partial charge in [0.2, 0.25) is 17.7 Å². The van der Waals surface area contributed by atoms with Crippen molar-refractivity contribution in [1.29, 1.82) is 0 Å². The average Bonchev–Trinajstić information content (AvgIpc) is 3.16. The molecule has 2 rings (SSSR count). The van der Waals surface area contributed by atoms with E-state index in [0.29, 0.717) is 18.6 Å². The van der Waals surface area contributed by atoms with Crippen molar-refractivity contribution in [3.63, 3.8) is 0 Å². The highest BCUT2D eigenvalue weighted by Gasteiger charge is 2.44. The third-order valence-electron chi connectivity index (χ3n) is 6.31. The lowest BCUT2D eigenvalue weighted by atomic mass is 10.0. The number of hydrogen-bond donors (Lipinski definition) is 3. The molecule has 1 aromatic rings. The third-order valence-corrected chi connectivity index (χ3v) is 6.95. The lowest BCUT2D eigenvalue weighted by molar-refractivity contribution is -0.142. The van der Waals surface area contributed by atoms with Crippen LogP contribution in [0.15, 0.2) is 30.3 Å². The summed E-state index contributed by atoms with van der Waals surface area (Å²) in [5.74, 6) is -1.12. The summed E-state index contributed by atoms with van der Waals surface area (Å²) in [6, 6.07) is 6.37. The van der Waals surface area contributed by atoms with Crippen molar-refractivity contribution in [2.75, 3.05) is 25.7 Å². The molecule has 1 heterocycles. The number of methoxy groups -OCH3 is 1. The molecule has 0 saturated carbocycles. The van der Waals surface area contributed by atoms with Crippen molar-refractivity contribution in [3.05, 3.63) is 35.9 Å². The Kier molecular flexibility index (Phi) is 12.8. The van der Waals surface area contributed by atoms with Gasteiger partial charge in [-0.25, -0.2) is 4.79 Å². The van der Waals surface area contributed by atoms with Crippen molar-refractivity contribution in [1.82, 2.24) is 20.9 Å². The Morgan fingerprint density at radius 2 is 1.80 bits per heavy atom. The molecule has 1 saturated heterocycles. The first-order valence-corrected chi connectivity index (χ1v) is 14.7. The Bertz CT molecular complexity index is 1030. The molecule has 0 radical (unpaired) electrons. The minimum atomic E-state index is -0.888. The lowest BCUT2D eigenvalue weighted by Crippen LogP contribution is -2.55. The number of amides is 4. The Hall–Kier alpha value is -3.28. The highest BCUT2D eigenvalue weighted by molar-refractivity contribution is 7.98. The maximum Gasteiger partial charge on any atom is 0.408 e. The highest BCUT2D eigenvalue weighted by atomic mass is 32.2. The zero-order chi connectivity index (χ0) is 29.9.